The average molecular weight is 154 g/mol. The molecule has 0 radical (unpaired) electrons. The van der Waals surface area contributed by atoms with Gasteiger partial charge in [0.05, 0.1) is 13.2 Å². The molecular weight excluding hydrogens is 140 g/mol. The normalized spacial score (nSPS) is 29.1. The minimum atomic E-state index is -0.507. The van der Waals surface area contributed by atoms with E-state index in [-0.39, 0.29) is 12.0 Å². The lowest BCUT2D eigenvalue weighted by Crippen LogP contribution is -2.14. The zero-order valence-electron chi connectivity index (χ0n) is 7.27. The maximum Gasteiger partial charge on any atom is 0.174 e. The number of rotatable bonds is 1. The molecular formula is C9H14O2. The van der Waals surface area contributed by atoms with Gasteiger partial charge in [-0.05, 0) is 20.8 Å². The first-order valence-corrected chi connectivity index (χ1v) is 3.77. The molecule has 0 aromatic rings. The van der Waals surface area contributed by atoms with Gasteiger partial charge in [0, 0.05) is 5.41 Å². The van der Waals surface area contributed by atoms with Crippen molar-refractivity contribution in [3.63, 3.8) is 0 Å². The van der Waals surface area contributed by atoms with Crippen molar-refractivity contribution < 1.29 is 9.84 Å². The summed E-state index contributed by atoms with van der Waals surface area (Å²) in [6.45, 7) is 6.69. The van der Waals surface area contributed by atoms with Crippen LogP contribution in [0.1, 0.15) is 20.8 Å². The SMILES string of the molecule is CC(C)(C)C#C[C@]1(CO)CO1. The first kappa shape index (κ1) is 8.58. The Hall–Kier alpha value is -0.520. The van der Waals surface area contributed by atoms with Crippen LogP contribution < -0.4 is 0 Å². The zero-order chi connectivity index (χ0) is 8.54. The van der Waals surface area contributed by atoms with Gasteiger partial charge >= 0.3 is 0 Å². The maximum absolute atomic E-state index is 8.83. The summed E-state index contributed by atoms with van der Waals surface area (Å²) in [6.07, 6.45) is 0. The fourth-order valence-electron chi connectivity index (χ4n) is 0.592. The molecule has 0 aromatic carbocycles. The maximum atomic E-state index is 8.83. The van der Waals surface area contributed by atoms with Gasteiger partial charge in [-0.25, -0.2) is 0 Å². The molecule has 11 heavy (non-hydrogen) atoms. The molecule has 62 valence electrons. The number of aliphatic hydroxyl groups is 1. The fourth-order valence-corrected chi connectivity index (χ4v) is 0.592. The van der Waals surface area contributed by atoms with Crippen molar-refractivity contribution in [2.75, 3.05) is 13.2 Å². The van der Waals surface area contributed by atoms with Crippen LogP contribution in [0.3, 0.4) is 0 Å². The summed E-state index contributed by atoms with van der Waals surface area (Å²) in [6, 6.07) is 0. The Bertz CT molecular complexity index is 198. The van der Waals surface area contributed by atoms with E-state index >= 15 is 0 Å². The van der Waals surface area contributed by atoms with Crippen LogP contribution in [0, 0.1) is 17.3 Å². The summed E-state index contributed by atoms with van der Waals surface area (Å²) in [7, 11) is 0. The molecule has 1 saturated heterocycles. The van der Waals surface area contributed by atoms with Crippen LogP contribution in [0.5, 0.6) is 0 Å². The lowest BCUT2D eigenvalue weighted by atomic mass is 9.97. The summed E-state index contributed by atoms with van der Waals surface area (Å²) in [5.41, 5.74) is -0.513. The van der Waals surface area contributed by atoms with Gasteiger partial charge in [-0.1, -0.05) is 11.8 Å². The molecule has 1 fully saturated rings. The molecule has 0 bridgehead atoms. The fraction of sp³-hybridized carbons (Fsp3) is 0.778. The second-order valence-electron chi connectivity index (χ2n) is 3.94. The second kappa shape index (κ2) is 2.51. The molecule has 0 aliphatic carbocycles. The van der Waals surface area contributed by atoms with Gasteiger partial charge in [-0.15, -0.1) is 0 Å². The molecule has 1 rings (SSSR count). The summed E-state index contributed by atoms with van der Waals surface area (Å²) < 4.78 is 5.02. The summed E-state index contributed by atoms with van der Waals surface area (Å²) in [5.74, 6) is 5.98. The Kier molecular flexibility index (Phi) is 1.96. The highest BCUT2D eigenvalue weighted by molar-refractivity contribution is 5.23. The van der Waals surface area contributed by atoms with Gasteiger partial charge in [0.1, 0.15) is 0 Å². The van der Waals surface area contributed by atoms with Crippen LogP contribution in [-0.4, -0.2) is 23.9 Å². The molecule has 2 heteroatoms. The molecule has 0 saturated carbocycles. The van der Waals surface area contributed by atoms with E-state index in [1.165, 1.54) is 0 Å². The third-order valence-electron chi connectivity index (χ3n) is 1.41. The number of ether oxygens (including phenoxy) is 1. The highest BCUT2D eigenvalue weighted by Gasteiger charge is 2.42. The summed E-state index contributed by atoms with van der Waals surface area (Å²) >= 11 is 0. The molecule has 0 amide bonds. The lowest BCUT2D eigenvalue weighted by Gasteiger charge is -2.07. The monoisotopic (exact) mass is 154 g/mol. The van der Waals surface area contributed by atoms with Crippen molar-refractivity contribution in [1.29, 1.82) is 0 Å². The van der Waals surface area contributed by atoms with Crippen LogP contribution in [0.2, 0.25) is 0 Å². The summed E-state index contributed by atoms with van der Waals surface area (Å²) in [4.78, 5) is 0. The van der Waals surface area contributed by atoms with Gasteiger partial charge in [0.15, 0.2) is 5.60 Å². The quantitative estimate of drug-likeness (QED) is 0.447. The van der Waals surface area contributed by atoms with E-state index in [1.807, 2.05) is 20.8 Å². The Morgan fingerprint density at radius 2 is 2.09 bits per heavy atom. The van der Waals surface area contributed by atoms with Crippen molar-refractivity contribution in [1.82, 2.24) is 0 Å². The number of hydrogen-bond acceptors (Lipinski definition) is 2. The molecule has 1 heterocycles. The van der Waals surface area contributed by atoms with Gasteiger partial charge in [0.2, 0.25) is 0 Å². The van der Waals surface area contributed by atoms with Crippen LogP contribution in [0.15, 0.2) is 0 Å². The molecule has 0 aromatic heterocycles. The van der Waals surface area contributed by atoms with E-state index in [1.54, 1.807) is 0 Å². The molecule has 1 aliphatic heterocycles. The van der Waals surface area contributed by atoms with Gasteiger partial charge in [0.25, 0.3) is 0 Å². The third kappa shape index (κ3) is 2.53. The van der Waals surface area contributed by atoms with Crippen molar-refractivity contribution in [2.24, 2.45) is 5.41 Å². The molecule has 0 unspecified atom stereocenters. The Balaban J connectivity index is 2.57. The largest absolute Gasteiger partial charge is 0.392 e. The van der Waals surface area contributed by atoms with Crippen LogP contribution in [0.4, 0.5) is 0 Å². The number of aliphatic hydroxyl groups excluding tert-OH is 1. The van der Waals surface area contributed by atoms with Crippen LogP contribution >= 0.6 is 0 Å². The topological polar surface area (TPSA) is 32.8 Å². The first-order chi connectivity index (χ1) is 4.97. The Morgan fingerprint density at radius 3 is 2.36 bits per heavy atom. The van der Waals surface area contributed by atoms with E-state index in [4.69, 9.17) is 9.84 Å². The summed E-state index contributed by atoms with van der Waals surface area (Å²) in [5, 5.41) is 8.83. The van der Waals surface area contributed by atoms with E-state index in [2.05, 4.69) is 11.8 Å². The predicted molar refractivity (Wildman–Crippen MR) is 43.0 cm³/mol. The molecule has 1 aliphatic rings. The molecule has 1 N–H and O–H groups in total. The van der Waals surface area contributed by atoms with Crippen LogP contribution in [0.25, 0.3) is 0 Å². The Labute approximate surface area is 67.6 Å². The first-order valence-electron chi connectivity index (χ1n) is 3.77. The average Bonchev–Trinajstić information content (AvgIpc) is 2.63. The predicted octanol–water partition coefficient (Wildman–Crippen LogP) is 0.797. The van der Waals surface area contributed by atoms with Crippen molar-refractivity contribution >= 4 is 0 Å². The minimum absolute atomic E-state index is 0.00583. The van der Waals surface area contributed by atoms with Gasteiger partial charge in [-0.3, -0.25) is 0 Å². The molecule has 1 atom stereocenters. The third-order valence-corrected chi connectivity index (χ3v) is 1.41. The Morgan fingerprint density at radius 1 is 1.55 bits per heavy atom. The molecule has 2 nitrogen and oxygen atoms in total. The standard InChI is InChI=1S/C9H14O2/c1-8(2,3)4-5-9(6-10)7-11-9/h10H,6-7H2,1-3H3/t9-/m0/s1. The van der Waals surface area contributed by atoms with Crippen molar-refractivity contribution in [3.8, 4) is 11.8 Å². The minimum Gasteiger partial charge on any atom is -0.392 e. The van der Waals surface area contributed by atoms with Crippen LogP contribution in [-0.2, 0) is 4.74 Å². The van der Waals surface area contributed by atoms with Crippen molar-refractivity contribution in [2.45, 2.75) is 26.4 Å². The number of epoxide rings is 1. The number of hydrogen-bond donors (Lipinski definition) is 1. The smallest absolute Gasteiger partial charge is 0.174 e. The van der Waals surface area contributed by atoms with Crippen molar-refractivity contribution in [3.05, 3.63) is 0 Å². The van der Waals surface area contributed by atoms with E-state index in [0.717, 1.165) is 0 Å². The van der Waals surface area contributed by atoms with Gasteiger partial charge in [-0.2, -0.15) is 0 Å². The lowest BCUT2D eigenvalue weighted by molar-refractivity contribution is 0.209. The zero-order valence-corrected chi connectivity index (χ0v) is 7.27. The second-order valence-corrected chi connectivity index (χ2v) is 3.94. The van der Waals surface area contributed by atoms with Gasteiger partial charge < -0.3 is 9.84 Å². The van der Waals surface area contributed by atoms with E-state index in [9.17, 15) is 0 Å². The highest BCUT2D eigenvalue weighted by atomic mass is 16.6. The molecule has 0 spiro atoms. The highest BCUT2D eigenvalue weighted by Crippen LogP contribution is 2.25. The van der Waals surface area contributed by atoms with E-state index < -0.39 is 5.60 Å². The van der Waals surface area contributed by atoms with E-state index in [0.29, 0.717) is 6.61 Å².